The summed E-state index contributed by atoms with van der Waals surface area (Å²) in [7, 11) is 0. The van der Waals surface area contributed by atoms with E-state index in [0.29, 0.717) is 17.6 Å². The van der Waals surface area contributed by atoms with Crippen LogP contribution in [0.15, 0.2) is 22.7 Å². The average Bonchev–Trinajstić information content (AvgIpc) is 3.23. The molecule has 0 amide bonds. The predicted octanol–water partition coefficient (Wildman–Crippen LogP) is 3.38. The molecule has 3 aromatic heterocycles. The first-order valence-corrected chi connectivity index (χ1v) is 9.59. The highest BCUT2D eigenvalue weighted by Crippen LogP contribution is 2.27. The zero-order chi connectivity index (χ0) is 17.9. The van der Waals surface area contributed by atoms with Crippen LogP contribution in [0.2, 0.25) is 0 Å². The number of hydrogen-bond acceptors (Lipinski definition) is 6. The van der Waals surface area contributed by atoms with Gasteiger partial charge in [-0.1, -0.05) is 13.3 Å². The summed E-state index contributed by atoms with van der Waals surface area (Å²) in [6.07, 6.45) is 7.36. The number of rotatable bonds is 6. The molecule has 0 bridgehead atoms. The van der Waals surface area contributed by atoms with E-state index in [-0.39, 0.29) is 0 Å². The topological polar surface area (TPSA) is 72.9 Å². The third-order valence-electron chi connectivity index (χ3n) is 4.99. The molecule has 7 heteroatoms. The minimum atomic E-state index is 0.538. The minimum Gasteiger partial charge on any atom is -0.422 e. The van der Waals surface area contributed by atoms with Crippen molar-refractivity contribution >= 4 is 17.2 Å². The zero-order valence-corrected chi connectivity index (χ0v) is 15.6. The van der Waals surface area contributed by atoms with Crippen LogP contribution in [0.4, 0.5) is 6.01 Å². The van der Waals surface area contributed by atoms with Gasteiger partial charge in [0.1, 0.15) is 11.6 Å². The molecule has 1 aliphatic heterocycles. The van der Waals surface area contributed by atoms with Gasteiger partial charge >= 0.3 is 0 Å². The number of unbranched alkanes of at least 4 members (excludes halogenated alkanes) is 1. The molecule has 1 saturated heterocycles. The average molecular weight is 354 g/mol. The van der Waals surface area contributed by atoms with Crippen LogP contribution in [0.3, 0.4) is 0 Å². The molecule has 26 heavy (non-hydrogen) atoms. The zero-order valence-electron chi connectivity index (χ0n) is 15.6. The summed E-state index contributed by atoms with van der Waals surface area (Å²) in [6.45, 7) is 7.05. The summed E-state index contributed by atoms with van der Waals surface area (Å²) in [5.74, 6) is 2.52. The smallest absolute Gasteiger partial charge is 0.299 e. The molecule has 7 nitrogen and oxygen atoms in total. The molecule has 1 aliphatic rings. The lowest BCUT2D eigenvalue weighted by molar-refractivity contribution is 0.380. The number of aromatic nitrogens is 5. The Morgan fingerprint density at radius 2 is 2.23 bits per heavy atom. The van der Waals surface area contributed by atoms with Crippen LogP contribution >= 0.6 is 0 Å². The molecular weight excluding hydrogens is 328 g/mol. The first-order chi connectivity index (χ1) is 12.7. The summed E-state index contributed by atoms with van der Waals surface area (Å²) >= 11 is 0. The van der Waals surface area contributed by atoms with Crippen molar-refractivity contribution in [3.05, 3.63) is 30.0 Å². The fourth-order valence-corrected chi connectivity index (χ4v) is 3.69. The summed E-state index contributed by atoms with van der Waals surface area (Å²) in [4.78, 5) is 15.7. The number of aryl methyl sites for hydroxylation is 2. The van der Waals surface area contributed by atoms with Crippen LogP contribution in [0.25, 0.3) is 11.2 Å². The summed E-state index contributed by atoms with van der Waals surface area (Å²) in [5, 5.41) is 4.57. The van der Waals surface area contributed by atoms with E-state index in [4.69, 9.17) is 4.42 Å². The van der Waals surface area contributed by atoms with Gasteiger partial charge in [0.15, 0.2) is 5.58 Å². The largest absolute Gasteiger partial charge is 0.422 e. The normalized spacial score (nSPS) is 17.9. The third kappa shape index (κ3) is 3.57. The van der Waals surface area contributed by atoms with Crippen molar-refractivity contribution in [1.82, 2.24) is 24.7 Å². The van der Waals surface area contributed by atoms with Crippen molar-refractivity contribution in [2.24, 2.45) is 5.92 Å². The number of hydrogen-bond donors (Lipinski definition) is 0. The van der Waals surface area contributed by atoms with Crippen LogP contribution in [0.1, 0.15) is 44.3 Å². The van der Waals surface area contributed by atoms with E-state index >= 15 is 0 Å². The highest BCUT2D eigenvalue weighted by atomic mass is 16.4. The molecule has 0 saturated carbocycles. The maximum Gasteiger partial charge on any atom is 0.299 e. The molecule has 3 aromatic rings. The van der Waals surface area contributed by atoms with Crippen LogP contribution in [0.5, 0.6) is 0 Å². The molecule has 0 spiro atoms. The van der Waals surface area contributed by atoms with Gasteiger partial charge in [-0.2, -0.15) is 10.1 Å². The van der Waals surface area contributed by atoms with Crippen molar-refractivity contribution in [3.8, 4) is 0 Å². The molecule has 1 fully saturated rings. The van der Waals surface area contributed by atoms with Gasteiger partial charge in [-0.15, -0.1) is 0 Å². The first kappa shape index (κ1) is 17.0. The van der Waals surface area contributed by atoms with E-state index in [1.54, 1.807) is 6.20 Å². The standard InChI is InChI=1S/C19H26N6O/c1-3-4-11-25-17(21-14(2)23-25)12-15-7-6-10-24(13-15)19-22-18-16(26-19)8-5-9-20-18/h5,8-9,15H,3-4,6-7,10-13H2,1-2H3. The molecule has 4 rings (SSSR count). The second-order valence-corrected chi connectivity index (χ2v) is 7.13. The highest BCUT2D eigenvalue weighted by molar-refractivity contribution is 5.69. The van der Waals surface area contributed by atoms with Gasteiger partial charge in [-0.25, -0.2) is 14.6 Å². The number of piperidine rings is 1. The highest BCUT2D eigenvalue weighted by Gasteiger charge is 2.25. The quantitative estimate of drug-likeness (QED) is 0.676. The maximum atomic E-state index is 5.91. The maximum absolute atomic E-state index is 5.91. The lowest BCUT2D eigenvalue weighted by Crippen LogP contribution is -2.36. The van der Waals surface area contributed by atoms with Crippen molar-refractivity contribution in [1.29, 1.82) is 0 Å². The fourth-order valence-electron chi connectivity index (χ4n) is 3.69. The summed E-state index contributed by atoms with van der Waals surface area (Å²) in [5.41, 5.74) is 1.43. The van der Waals surface area contributed by atoms with Crippen molar-refractivity contribution in [3.63, 3.8) is 0 Å². The lowest BCUT2D eigenvalue weighted by Gasteiger charge is -2.31. The number of nitrogens with zero attached hydrogens (tertiary/aromatic N) is 6. The Morgan fingerprint density at radius 3 is 3.08 bits per heavy atom. The Kier molecular flexibility index (Phi) is 4.86. The van der Waals surface area contributed by atoms with Gasteiger partial charge in [0.05, 0.1) is 0 Å². The molecule has 1 unspecified atom stereocenters. The van der Waals surface area contributed by atoms with Crippen LogP contribution in [-0.4, -0.2) is 37.8 Å². The van der Waals surface area contributed by atoms with E-state index in [0.717, 1.165) is 56.1 Å². The predicted molar refractivity (Wildman–Crippen MR) is 100 cm³/mol. The lowest BCUT2D eigenvalue weighted by atomic mass is 9.94. The fraction of sp³-hybridized carbons (Fsp3) is 0.579. The Hall–Kier alpha value is -2.44. The van der Waals surface area contributed by atoms with Gasteiger partial charge in [0, 0.05) is 32.3 Å². The van der Waals surface area contributed by atoms with E-state index in [1.807, 2.05) is 19.1 Å². The van der Waals surface area contributed by atoms with Crippen LogP contribution in [0, 0.1) is 12.8 Å². The number of fused-ring (bicyclic) bond motifs is 1. The van der Waals surface area contributed by atoms with Gasteiger partial charge in [0.25, 0.3) is 6.01 Å². The molecule has 4 heterocycles. The number of pyridine rings is 1. The Morgan fingerprint density at radius 1 is 1.31 bits per heavy atom. The Bertz CT molecular complexity index is 837. The summed E-state index contributed by atoms with van der Waals surface area (Å²) < 4.78 is 8.00. The molecule has 0 aromatic carbocycles. The molecule has 0 aliphatic carbocycles. The van der Waals surface area contributed by atoms with Crippen LogP contribution in [-0.2, 0) is 13.0 Å². The van der Waals surface area contributed by atoms with Crippen LogP contribution < -0.4 is 4.90 Å². The molecule has 0 N–H and O–H groups in total. The van der Waals surface area contributed by atoms with Crippen molar-refractivity contribution in [2.75, 3.05) is 18.0 Å². The minimum absolute atomic E-state index is 0.538. The van der Waals surface area contributed by atoms with Gasteiger partial charge < -0.3 is 9.32 Å². The van der Waals surface area contributed by atoms with E-state index in [2.05, 4.69) is 36.6 Å². The number of oxazole rings is 1. The van der Waals surface area contributed by atoms with Crippen molar-refractivity contribution < 1.29 is 4.42 Å². The van der Waals surface area contributed by atoms with E-state index in [1.165, 1.54) is 12.8 Å². The molecule has 1 atom stereocenters. The number of anilines is 1. The molecule has 0 radical (unpaired) electrons. The van der Waals surface area contributed by atoms with Crippen molar-refractivity contribution in [2.45, 2.75) is 52.5 Å². The Balaban J connectivity index is 1.47. The first-order valence-electron chi connectivity index (χ1n) is 9.59. The summed E-state index contributed by atoms with van der Waals surface area (Å²) in [6, 6.07) is 4.48. The SMILES string of the molecule is CCCCn1nc(C)nc1CC1CCCN(c2nc3ncccc3o2)C1. The second kappa shape index (κ2) is 7.43. The monoisotopic (exact) mass is 354 g/mol. The van der Waals surface area contributed by atoms with Gasteiger partial charge in [-0.05, 0) is 44.2 Å². The third-order valence-corrected chi connectivity index (χ3v) is 4.99. The van der Waals surface area contributed by atoms with Gasteiger partial charge in [0.2, 0.25) is 5.65 Å². The molecular formula is C19H26N6O. The second-order valence-electron chi connectivity index (χ2n) is 7.13. The van der Waals surface area contributed by atoms with Gasteiger partial charge in [-0.3, -0.25) is 0 Å². The Labute approximate surface area is 153 Å². The van der Waals surface area contributed by atoms with E-state index < -0.39 is 0 Å². The van der Waals surface area contributed by atoms with E-state index in [9.17, 15) is 0 Å². The molecule has 138 valence electrons.